The SMILES string of the molecule is CC(C)CC1CC1.CC(C)CC1CCC1.CC(C)CC1CCCC1.CC(C)CC1CCCCC1.CC(C)CC1CCCCCC1.CC(C)CCC1CC1.CC(C)CCC1CCC1.CC(C)CCC1CCCC1.CC(C)CCC1CCCCC1.CC(C)CCC1CCCCCC1. The highest BCUT2D eigenvalue weighted by atomic mass is 14.3. The summed E-state index contributed by atoms with van der Waals surface area (Å²) in [6.07, 6.45) is 82.4. The molecule has 0 saturated heterocycles. The lowest BCUT2D eigenvalue weighted by Crippen LogP contribution is -2.12. The van der Waals surface area contributed by atoms with Crippen molar-refractivity contribution >= 4 is 0 Å². The normalized spacial score (nSPS) is 21.2. The third kappa shape index (κ3) is 64.6. The minimum absolute atomic E-state index is 0.910. The molecular weight excluding hydrogens is 1140 g/mol. The molecule has 0 N–H and O–H groups in total. The summed E-state index contributed by atoms with van der Waals surface area (Å²) < 4.78 is 0. The van der Waals surface area contributed by atoms with Crippen LogP contribution < -0.4 is 0 Å². The minimum atomic E-state index is 0.910. The summed E-state index contributed by atoms with van der Waals surface area (Å²) in [7, 11) is 0. The fraction of sp³-hybridized carbons (Fsp3) is 1.00. The van der Waals surface area contributed by atoms with Crippen LogP contribution in [0.4, 0.5) is 0 Å². The lowest BCUT2D eigenvalue weighted by Gasteiger charge is -2.26. The molecule has 0 aromatic rings. The average Bonchev–Trinajstić information content (AvgIpc) is 2.78. The van der Waals surface area contributed by atoms with Crippen LogP contribution in [0.3, 0.4) is 0 Å². The second-order valence-electron chi connectivity index (χ2n) is 39.5. The van der Waals surface area contributed by atoms with Crippen LogP contribution in [0.2, 0.25) is 0 Å². The molecule has 10 aliphatic rings. The van der Waals surface area contributed by atoms with Gasteiger partial charge in [0.05, 0.1) is 0 Å². The summed E-state index contributed by atoms with van der Waals surface area (Å²) >= 11 is 0. The van der Waals surface area contributed by atoms with E-state index in [0.717, 1.165) is 118 Å². The Morgan fingerprint density at radius 1 is 0.137 bits per heavy atom. The Morgan fingerprint density at radius 3 is 0.400 bits per heavy atom. The van der Waals surface area contributed by atoms with Gasteiger partial charge < -0.3 is 0 Å². The van der Waals surface area contributed by atoms with Crippen molar-refractivity contribution in [1.29, 1.82) is 0 Å². The van der Waals surface area contributed by atoms with Crippen LogP contribution in [0.1, 0.15) is 492 Å². The Balaban J connectivity index is 0.000000529. The molecule has 0 spiro atoms. The van der Waals surface area contributed by atoms with Crippen molar-refractivity contribution in [2.24, 2.45) is 118 Å². The first kappa shape index (κ1) is 93.0. The second kappa shape index (κ2) is 61.5. The van der Waals surface area contributed by atoms with Crippen LogP contribution in [0.15, 0.2) is 0 Å². The van der Waals surface area contributed by atoms with Crippen LogP contribution >= 0.6 is 0 Å². The first-order valence-electron chi connectivity index (χ1n) is 45.4. The van der Waals surface area contributed by atoms with Crippen molar-refractivity contribution in [3.8, 4) is 0 Å². The van der Waals surface area contributed by atoms with Gasteiger partial charge in [-0.05, 0) is 150 Å². The fourth-order valence-corrected chi connectivity index (χ4v) is 17.1. The molecule has 0 aromatic heterocycles. The van der Waals surface area contributed by atoms with Crippen LogP contribution in [0.25, 0.3) is 0 Å². The molecule has 570 valence electrons. The van der Waals surface area contributed by atoms with E-state index in [0.29, 0.717) is 0 Å². The highest BCUT2D eigenvalue weighted by molar-refractivity contribution is 4.76. The molecule has 0 heterocycles. The summed E-state index contributed by atoms with van der Waals surface area (Å²) in [5.41, 5.74) is 0. The van der Waals surface area contributed by atoms with E-state index in [9.17, 15) is 0 Å². The van der Waals surface area contributed by atoms with Crippen molar-refractivity contribution in [3.05, 3.63) is 0 Å². The zero-order chi connectivity index (χ0) is 70.4. The van der Waals surface area contributed by atoms with Gasteiger partial charge in [0.25, 0.3) is 0 Å². The Labute approximate surface area is 606 Å². The van der Waals surface area contributed by atoms with E-state index in [2.05, 4.69) is 138 Å². The molecule has 0 radical (unpaired) electrons. The van der Waals surface area contributed by atoms with Crippen molar-refractivity contribution in [3.63, 3.8) is 0 Å². The topological polar surface area (TPSA) is 0 Å². The standard InChI is InChI=1S/C12H24.2C11H22.2C10H20.2C9H18.2C8H16.C7H14/c1-11(2)9-10-12-7-5-3-4-6-8-12;1-10(2)8-9-11-6-4-3-5-7-11;1-10(2)9-11-7-5-3-4-6-8-11;1-9(2)7-8-10-5-3-4-6-10;1-9(2)8-10-6-4-3-5-7-10;1-8(2)6-7-9-4-3-5-9;1-8(2)7-9-5-3-4-6-9;1-7(2)3-4-8-5-6-8;1-7(2)6-8-4-3-5-8;1-6(2)5-7-3-4-7/h11-12H,3-10H2,1-2H3;2*10-11H,3-9H2,1-2H3;2*9-10H,3-8H2,1-2H3;2*8-9H,3-7H2,1-2H3;2*7-8H,3-6H2,1-2H3;6-7H,3-5H2,1-2H3. The zero-order valence-electron chi connectivity index (χ0n) is 70.4. The van der Waals surface area contributed by atoms with E-state index in [1.807, 2.05) is 0 Å². The van der Waals surface area contributed by atoms with E-state index in [4.69, 9.17) is 0 Å². The molecular formula is C95H190. The lowest BCUT2D eigenvalue weighted by molar-refractivity contribution is 0.264. The van der Waals surface area contributed by atoms with Crippen LogP contribution in [-0.2, 0) is 0 Å². The van der Waals surface area contributed by atoms with Crippen LogP contribution in [0.5, 0.6) is 0 Å². The van der Waals surface area contributed by atoms with Gasteiger partial charge >= 0.3 is 0 Å². The number of hydrogen-bond acceptors (Lipinski definition) is 0. The maximum atomic E-state index is 2.35. The molecule has 10 fully saturated rings. The van der Waals surface area contributed by atoms with Gasteiger partial charge in [-0.15, -0.1) is 0 Å². The number of hydrogen-bond donors (Lipinski definition) is 0. The zero-order valence-corrected chi connectivity index (χ0v) is 70.4. The van der Waals surface area contributed by atoms with Gasteiger partial charge in [0, 0.05) is 0 Å². The van der Waals surface area contributed by atoms with E-state index >= 15 is 0 Å². The fourth-order valence-electron chi connectivity index (χ4n) is 17.1. The molecule has 0 nitrogen and oxygen atoms in total. The Bertz CT molecular complexity index is 1500. The smallest absolute Gasteiger partial charge is 0.0412 e. The van der Waals surface area contributed by atoms with E-state index in [1.165, 1.54) is 353 Å². The summed E-state index contributed by atoms with van der Waals surface area (Å²) in [5, 5.41) is 0. The summed E-state index contributed by atoms with van der Waals surface area (Å²) in [5.74, 6) is 20.2. The van der Waals surface area contributed by atoms with Crippen LogP contribution in [0, 0.1) is 118 Å². The summed E-state index contributed by atoms with van der Waals surface area (Å²) in [4.78, 5) is 0. The molecule has 95 heavy (non-hydrogen) atoms. The molecule has 0 amide bonds. The van der Waals surface area contributed by atoms with Crippen molar-refractivity contribution in [2.75, 3.05) is 0 Å². The molecule has 10 saturated carbocycles. The van der Waals surface area contributed by atoms with Gasteiger partial charge in [0.2, 0.25) is 0 Å². The Morgan fingerprint density at radius 2 is 0.263 bits per heavy atom. The molecule has 0 aliphatic heterocycles. The molecule has 0 atom stereocenters. The maximum absolute atomic E-state index is 2.35. The Kier molecular flexibility index (Phi) is 60.2. The van der Waals surface area contributed by atoms with E-state index in [1.54, 1.807) is 0 Å². The third-order valence-corrected chi connectivity index (χ3v) is 24.0. The quantitative estimate of drug-likeness (QED) is 0.0799. The molecule has 0 aromatic carbocycles. The van der Waals surface area contributed by atoms with Gasteiger partial charge in [0.15, 0.2) is 0 Å². The van der Waals surface area contributed by atoms with Gasteiger partial charge in [-0.1, -0.05) is 460 Å². The van der Waals surface area contributed by atoms with E-state index in [-0.39, 0.29) is 0 Å². The molecule has 0 bridgehead atoms. The van der Waals surface area contributed by atoms with Gasteiger partial charge in [-0.3, -0.25) is 0 Å². The maximum Gasteiger partial charge on any atom is -0.0412 e. The van der Waals surface area contributed by atoms with Crippen molar-refractivity contribution in [2.45, 2.75) is 492 Å². The molecule has 10 rings (SSSR count). The molecule has 10 aliphatic carbocycles. The lowest BCUT2D eigenvalue weighted by atomic mass is 9.80. The second-order valence-corrected chi connectivity index (χ2v) is 39.5. The monoisotopic (exact) mass is 1330 g/mol. The number of rotatable bonds is 25. The third-order valence-electron chi connectivity index (χ3n) is 24.0. The van der Waals surface area contributed by atoms with Gasteiger partial charge in [0.1, 0.15) is 0 Å². The average molecular weight is 1330 g/mol. The van der Waals surface area contributed by atoms with E-state index < -0.39 is 0 Å². The largest absolute Gasteiger partial charge is 0.0628 e. The summed E-state index contributed by atoms with van der Waals surface area (Å²) in [6, 6.07) is 0. The van der Waals surface area contributed by atoms with Gasteiger partial charge in [-0.25, -0.2) is 0 Å². The molecule has 0 heteroatoms. The van der Waals surface area contributed by atoms with Crippen molar-refractivity contribution in [1.82, 2.24) is 0 Å². The predicted octanol–water partition coefficient (Wildman–Crippen LogP) is 34.2. The highest BCUT2D eigenvalue weighted by Gasteiger charge is 2.24. The van der Waals surface area contributed by atoms with Gasteiger partial charge in [-0.2, -0.15) is 0 Å². The minimum Gasteiger partial charge on any atom is -0.0628 e. The first-order valence-corrected chi connectivity index (χ1v) is 45.4. The first-order chi connectivity index (χ1) is 45.4. The predicted molar refractivity (Wildman–Crippen MR) is 437 cm³/mol. The Hall–Kier alpha value is 0. The molecule has 0 unspecified atom stereocenters. The highest BCUT2D eigenvalue weighted by Crippen LogP contribution is 2.38. The van der Waals surface area contributed by atoms with Crippen LogP contribution in [-0.4, -0.2) is 0 Å². The van der Waals surface area contributed by atoms with Crippen molar-refractivity contribution < 1.29 is 0 Å². The summed E-state index contributed by atoms with van der Waals surface area (Å²) in [6.45, 7) is 46.6.